The summed E-state index contributed by atoms with van der Waals surface area (Å²) in [6, 6.07) is 6.32. The molecule has 2 aliphatic heterocycles. The molecule has 2 saturated heterocycles. The van der Waals surface area contributed by atoms with Gasteiger partial charge in [0.25, 0.3) is 0 Å². The number of nitrogens with zero attached hydrogens (tertiary/aromatic N) is 3. The molecule has 1 aromatic heterocycles. The lowest BCUT2D eigenvalue weighted by Gasteiger charge is -2.39. The predicted octanol–water partition coefficient (Wildman–Crippen LogP) is -0.464. The van der Waals surface area contributed by atoms with Crippen molar-refractivity contribution in [2.75, 3.05) is 44.2 Å². The minimum absolute atomic E-state index is 0.216. The van der Waals surface area contributed by atoms with Gasteiger partial charge in [-0.3, -0.25) is 4.90 Å². The van der Waals surface area contributed by atoms with E-state index in [4.69, 9.17) is 0 Å². The summed E-state index contributed by atoms with van der Waals surface area (Å²) in [5, 5.41) is 13.1. The van der Waals surface area contributed by atoms with Crippen LogP contribution in [-0.2, 0) is 0 Å². The maximum absolute atomic E-state index is 9.89. The van der Waals surface area contributed by atoms with E-state index in [1.165, 1.54) is 0 Å². The molecule has 0 bridgehead atoms. The highest BCUT2D eigenvalue weighted by Gasteiger charge is 2.32. The number of nitrogens with one attached hydrogen (secondary N) is 1. The minimum Gasteiger partial charge on any atom is -0.390 e. The third kappa shape index (κ3) is 2.34. The van der Waals surface area contributed by atoms with Crippen molar-refractivity contribution in [3.05, 3.63) is 24.4 Å². The molecule has 5 nitrogen and oxygen atoms in total. The van der Waals surface area contributed by atoms with Gasteiger partial charge in [-0.25, -0.2) is 4.98 Å². The van der Waals surface area contributed by atoms with Crippen molar-refractivity contribution in [2.24, 2.45) is 0 Å². The Labute approximate surface area is 107 Å². The van der Waals surface area contributed by atoms with Gasteiger partial charge in [-0.2, -0.15) is 0 Å². The summed E-state index contributed by atoms with van der Waals surface area (Å²) in [4.78, 5) is 9.09. The lowest BCUT2D eigenvalue weighted by molar-refractivity contribution is 0.0791. The molecular formula is C13H20N4O. The van der Waals surface area contributed by atoms with Crippen LogP contribution < -0.4 is 10.2 Å². The Morgan fingerprint density at radius 3 is 2.61 bits per heavy atom. The fraction of sp³-hybridized carbons (Fsp3) is 0.615. The molecule has 0 amide bonds. The number of hydrogen-bond acceptors (Lipinski definition) is 5. The first kappa shape index (κ1) is 11.9. The van der Waals surface area contributed by atoms with Gasteiger partial charge in [0.05, 0.1) is 6.10 Å². The van der Waals surface area contributed by atoms with Crippen molar-refractivity contribution >= 4 is 5.82 Å². The monoisotopic (exact) mass is 248 g/mol. The van der Waals surface area contributed by atoms with Gasteiger partial charge in [-0.05, 0) is 12.1 Å². The molecule has 1 unspecified atom stereocenters. The van der Waals surface area contributed by atoms with E-state index in [0.717, 1.165) is 45.1 Å². The number of piperazine rings is 1. The quantitative estimate of drug-likeness (QED) is 0.741. The first-order valence-electron chi connectivity index (χ1n) is 6.63. The fourth-order valence-corrected chi connectivity index (χ4v) is 2.85. The second kappa shape index (κ2) is 5.22. The number of aromatic nitrogens is 1. The fourth-order valence-electron chi connectivity index (χ4n) is 2.85. The van der Waals surface area contributed by atoms with E-state index in [0.29, 0.717) is 0 Å². The molecule has 2 atom stereocenters. The number of β-amino-alcohol motifs (C(OH)–C–C–N with tert-alkyl or cyclic N) is 1. The van der Waals surface area contributed by atoms with Crippen LogP contribution in [0.3, 0.4) is 0 Å². The maximum atomic E-state index is 9.89. The summed E-state index contributed by atoms with van der Waals surface area (Å²) in [7, 11) is 0. The van der Waals surface area contributed by atoms with Gasteiger partial charge in [-0.15, -0.1) is 0 Å². The lowest BCUT2D eigenvalue weighted by atomic mass is 10.1. The van der Waals surface area contributed by atoms with E-state index in [2.05, 4.69) is 26.2 Å². The third-order valence-electron chi connectivity index (χ3n) is 3.91. The van der Waals surface area contributed by atoms with Gasteiger partial charge < -0.3 is 15.3 Å². The zero-order valence-corrected chi connectivity index (χ0v) is 10.5. The van der Waals surface area contributed by atoms with E-state index >= 15 is 0 Å². The standard InChI is InChI=1S/C13H20N4O/c18-12-10-14-9-11(12)16-5-7-17(8-6-16)13-3-1-2-4-15-13/h1-4,11-12,14,18H,5-10H2/t11?,12-/m1/s1. The van der Waals surface area contributed by atoms with Crippen molar-refractivity contribution in [2.45, 2.75) is 12.1 Å². The van der Waals surface area contributed by atoms with Crippen molar-refractivity contribution in [3.63, 3.8) is 0 Å². The van der Waals surface area contributed by atoms with Gasteiger partial charge in [-0.1, -0.05) is 6.07 Å². The zero-order chi connectivity index (χ0) is 12.4. The second-order valence-corrected chi connectivity index (χ2v) is 5.00. The predicted molar refractivity (Wildman–Crippen MR) is 70.7 cm³/mol. The highest BCUT2D eigenvalue weighted by atomic mass is 16.3. The Morgan fingerprint density at radius 1 is 1.17 bits per heavy atom. The Hall–Kier alpha value is -1.17. The van der Waals surface area contributed by atoms with E-state index in [1.807, 2.05) is 18.3 Å². The van der Waals surface area contributed by atoms with Gasteiger partial charge in [0.2, 0.25) is 0 Å². The normalized spacial score (nSPS) is 29.7. The molecule has 0 aliphatic carbocycles. The second-order valence-electron chi connectivity index (χ2n) is 5.00. The Balaban J connectivity index is 1.58. The first-order valence-corrected chi connectivity index (χ1v) is 6.63. The van der Waals surface area contributed by atoms with Crippen molar-refractivity contribution in [1.29, 1.82) is 0 Å². The number of aliphatic hydroxyl groups is 1. The number of pyridine rings is 1. The molecule has 1 aromatic rings. The summed E-state index contributed by atoms with van der Waals surface area (Å²) in [5.74, 6) is 1.06. The summed E-state index contributed by atoms with van der Waals surface area (Å²) < 4.78 is 0. The van der Waals surface area contributed by atoms with E-state index in [1.54, 1.807) is 0 Å². The maximum Gasteiger partial charge on any atom is 0.128 e. The average Bonchev–Trinajstić information content (AvgIpc) is 2.86. The van der Waals surface area contributed by atoms with Crippen LogP contribution in [0.1, 0.15) is 0 Å². The molecule has 2 N–H and O–H groups in total. The largest absolute Gasteiger partial charge is 0.390 e. The van der Waals surface area contributed by atoms with Crippen LogP contribution in [0, 0.1) is 0 Å². The molecular weight excluding hydrogens is 228 g/mol. The molecule has 98 valence electrons. The van der Waals surface area contributed by atoms with E-state index in [-0.39, 0.29) is 12.1 Å². The summed E-state index contributed by atoms with van der Waals surface area (Å²) in [5.41, 5.74) is 0. The topological polar surface area (TPSA) is 51.6 Å². The van der Waals surface area contributed by atoms with Crippen molar-refractivity contribution in [1.82, 2.24) is 15.2 Å². The highest BCUT2D eigenvalue weighted by Crippen LogP contribution is 2.16. The first-order chi connectivity index (χ1) is 8.84. The molecule has 2 fully saturated rings. The van der Waals surface area contributed by atoms with Crippen LogP contribution in [0.15, 0.2) is 24.4 Å². The molecule has 3 rings (SSSR count). The molecule has 0 radical (unpaired) electrons. The SMILES string of the molecule is O[C@@H]1CNCC1N1CCN(c2ccccn2)CC1. The zero-order valence-electron chi connectivity index (χ0n) is 10.5. The van der Waals surface area contributed by atoms with E-state index in [9.17, 15) is 5.11 Å². The summed E-state index contributed by atoms with van der Waals surface area (Å²) in [6.07, 6.45) is 1.62. The Morgan fingerprint density at radius 2 is 2.00 bits per heavy atom. The van der Waals surface area contributed by atoms with Crippen molar-refractivity contribution in [3.8, 4) is 0 Å². The van der Waals surface area contributed by atoms with Crippen LogP contribution in [-0.4, -0.2) is 66.4 Å². The minimum atomic E-state index is -0.216. The van der Waals surface area contributed by atoms with Gasteiger partial charge in [0.15, 0.2) is 0 Å². The number of anilines is 1. The smallest absolute Gasteiger partial charge is 0.128 e. The third-order valence-corrected chi connectivity index (χ3v) is 3.91. The van der Waals surface area contributed by atoms with Crippen LogP contribution in [0.2, 0.25) is 0 Å². The Bertz CT molecular complexity index is 378. The van der Waals surface area contributed by atoms with Gasteiger partial charge in [0.1, 0.15) is 5.82 Å². The molecule has 5 heteroatoms. The lowest BCUT2D eigenvalue weighted by Crippen LogP contribution is -2.53. The Kier molecular flexibility index (Phi) is 3.45. The van der Waals surface area contributed by atoms with Crippen LogP contribution >= 0.6 is 0 Å². The van der Waals surface area contributed by atoms with Crippen LogP contribution in [0.4, 0.5) is 5.82 Å². The molecule has 0 aromatic carbocycles. The van der Waals surface area contributed by atoms with Crippen LogP contribution in [0.25, 0.3) is 0 Å². The van der Waals surface area contributed by atoms with Crippen LogP contribution in [0.5, 0.6) is 0 Å². The number of rotatable bonds is 2. The summed E-state index contributed by atoms with van der Waals surface area (Å²) >= 11 is 0. The van der Waals surface area contributed by atoms with Gasteiger partial charge in [0, 0.05) is 51.5 Å². The molecule has 3 heterocycles. The number of aliphatic hydroxyl groups excluding tert-OH is 1. The average molecular weight is 248 g/mol. The molecule has 0 saturated carbocycles. The summed E-state index contributed by atoms with van der Waals surface area (Å²) in [6.45, 7) is 5.61. The highest BCUT2D eigenvalue weighted by molar-refractivity contribution is 5.38. The van der Waals surface area contributed by atoms with Crippen molar-refractivity contribution < 1.29 is 5.11 Å². The molecule has 0 spiro atoms. The number of hydrogen-bond donors (Lipinski definition) is 2. The van der Waals surface area contributed by atoms with Gasteiger partial charge >= 0.3 is 0 Å². The molecule has 2 aliphatic rings. The molecule has 18 heavy (non-hydrogen) atoms. The van der Waals surface area contributed by atoms with E-state index < -0.39 is 0 Å².